The molecule has 30 heavy (non-hydrogen) atoms. The molecule has 0 bridgehead atoms. The molecule has 0 spiro atoms. The first-order valence-corrected chi connectivity index (χ1v) is 10.6. The van der Waals surface area contributed by atoms with Crippen molar-refractivity contribution in [3.63, 3.8) is 0 Å². The number of nitrogens with zero attached hydrogens (tertiary/aromatic N) is 3. The molecule has 0 amide bonds. The van der Waals surface area contributed by atoms with Crippen molar-refractivity contribution in [2.24, 2.45) is 0 Å². The van der Waals surface area contributed by atoms with Crippen LogP contribution in [-0.2, 0) is 6.42 Å². The van der Waals surface area contributed by atoms with Crippen molar-refractivity contribution in [2.45, 2.75) is 34.1 Å². The Bertz CT molecular complexity index is 1240. The van der Waals surface area contributed by atoms with Gasteiger partial charge in [0.25, 0.3) is 0 Å². The highest BCUT2D eigenvalue weighted by Gasteiger charge is 2.25. The van der Waals surface area contributed by atoms with Gasteiger partial charge in [-0.25, -0.2) is 0 Å². The second-order valence-corrected chi connectivity index (χ2v) is 7.46. The van der Waals surface area contributed by atoms with Crippen molar-refractivity contribution in [1.82, 2.24) is 4.98 Å². The van der Waals surface area contributed by atoms with Crippen LogP contribution in [0.2, 0.25) is 0 Å². The highest BCUT2D eigenvalue weighted by atomic mass is 15.1. The number of aromatic nitrogens is 2. The zero-order chi connectivity index (χ0) is 21.3. The molecule has 0 aliphatic carbocycles. The van der Waals surface area contributed by atoms with E-state index in [1.54, 1.807) is 0 Å². The Labute approximate surface area is 177 Å². The van der Waals surface area contributed by atoms with E-state index in [0.717, 1.165) is 58.8 Å². The average Bonchev–Trinajstić information content (AvgIpc) is 3.15. The summed E-state index contributed by atoms with van der Waals surface area (Å²) in [5, 5.41) is 13.5. The molecule has 0 atom stereocenters. The predicted octanol–water partition coefficient (Wildman–Crippen LogP) is 5.24. The normalized spacial score (nSPS) is 11.0. The number of anilines is 3. The first-order valence-electron chi connectivity index (χ1n) is 10.6. The average molecular weight is 399 g/mol. The monoisotopic (exact) mass is 398 g/mol. The smallest absolute Gasteiger partial charge is 0.250 e. The van der Waals surface area contributed by atoms with Crippen molar-refractivity contribution in [2.75, 3.05) is 23.3 Å². The van der Waals surface area contributed by atoms with Gasteiger partial charge >= 0.3 is 0 Å². The van der Waals surface area contributed by atoms with Crippen LogP contribution in [0, 0.1) is 18.3 Å². The molecule has 0 aliphatic rings. The number of rotatable bonds is 6. The molecule has 2 aromatic heterocycles. The molecular formula is C25H28N5+. The largest absolute Gasteiger partial charge is 0.372 e. The number of nitrogens with one attached hydrogen (secondary N) is 2. The second kappa shape index (κ2) is 8.08. The number of para-hydroxylation sites is 2. The maximum atomic E-state index is 9.86. The third kappa shape index (κ3) is 3.15. The zero-order valence-electron chi connectivity index (χ0n) is 18.1. The van der Waals surface area contributed by atoms with Gasteiger partial charge in [0.15, 0.2) is 0 Å². The maximum absolute atomic E-state index is 9.86. The Hall–Kier alpha value is -3.52. The van der Waals surface area contributed by atoms with E-state index in [0.29, 0.717) is 5.56 Å². The number of benzene rings is 2. The fourth-order valence-electron chi connectivity index (χ4n) is 4.31. The fraction of sp³-hybridized carbons (Fsp3) is 0.280. The lowest BCUT2D eigenvalue weighted by molar-refractivity contribution is -0.465. The molecule has 0 fully saturated rings. The van der Waals surface area contributed by atoms with Crippen LogP contribution in [0.15, 0.2) is 48.5 Å². The standard InChI is InChI=1S/C25H27N5/c1-5-20-17(4)21(16-26)25-28-22-10-8-9-11-23(22)30(25)24(20)27-18-12-14-19(15-13-18)29(6-2)7-3/h8-15H,5-7H2,1-4H3,(H,27,28)/p+1. The number of imidazole rings is 1. The lowest BCUT2D eigenvalue weighted by atomic mass is 10.0. The first kappa shape index (κ1) is 19.8. The van der Waals surface area contributed by atoms with E-state index in [1.807, 2.05) is 25.1 Å². The van der Waals surface area contributed by atoms with Gasteiger partial charge in [-0.15, -0.1) is 0 Å². The van der Waals surface area contributed by atoms with Crippen LogP contribution in [0.1, 0.15) is 37.5 Å². The Kier molecular flexibility index (Phi) is 5.33. The number of fused-ring (bicyclic) bond motifs is 3. The Morgan fingerprint density at radius 2 is 1.73 bits per heavy atom. The number of H-pyrrole nitrogens is 1. The molecule has 0 saturated heterocycles. The van der Waals surface area contributed by atoms with Gasteiger partial charge in [0, 0.05) is 24.3 Å². The van der Waals surface area contributed by atoms with Crippen molar-refractivity contribution in [3.05, 3.63) is 65.2 Å². The molecule has 5 heteroatoms. The van der Waals surface area contributed by atoms with Crippen LogP contribution >= 0.6 is 0 Å². The fourth-order valence-corrected chi connectivity index (χ4v) is 4.31. The Morgan fingerprint density at radius 1 is 1.03 bits per heavy atom. The van der Waals surface area contributed by atoms with Gasteiger partial charge < -0.3 is 4.90 Å². The minimum absolute atomic E-state index is 0.700. The number of hydrogen-bond acceptors (Lipinski definition) is 3. The van der Waals surface area contributed by atoms with Gasteiger partial charge in [0.1, 0.15) is 22.7 Å². The van der Waals surface area contributed by atoms with Gasteiger partial charge in [0.2, 0.25) is 11.5 Å². The van der Waals surface area contributed by atoms with E-state index in [1.165, 1.54) is 5.69 Å². The van der Waals surface area contributed by atoms with Crippen LogP contribution in [0.3, 0.4) is 0 Å². The SMILES string of the molecule is CCc1c(C)c(C#N)c2[nH]c3ccccc3[n+]2c1Nc1ccc(N(CC)CC)cc1. The van der Waals surface area contributed by atoms with Crippen LogP contribution in [0.25, 0.3) is 16.7 Å². The van der Waals surface area contributed by atoms with Crippen LogP contribution in [-0.4, -0.2) is 18.1 Å². The minimum Gasteiger partial charge on any atom is -0.372 e. The van der Waals surface area contributed by atoms with Gasteiger partial charge in [-0.05, 0) is 69.2 Å². The lowest BCUT2D eigenvalue weighted by Crippen LogP contribution is -2.28. The quantitative estimate of drug-likeness (QED) is 0.437. The van der Waals surface area contributed by atoms with E-state index in [4.69, 9.17) is 0 Å². The summed E-state index contributed by atoms with van der Waals surface area (Å²) >= 11 is 0. The van der Waals surface area contributed by atoms with E-state index in [9.17, 15) is 5.26 Å². The number of hydrogen-bond donors (Lipinski definition) is 2. The van der Waals surface area contributed by atoms with Crippen molar-refractivity contribution >= 4 is 33.9 Å². The molecule has 0 radical (unpaired) electrons. The third-order valence-electron chi connectivity index (χ3n) is 5.92. The summed E-state index contributed by atoms with van der Waals surface area (Å²) in [6.45, 7) is 10.5. The molecule has 4 rings (SSSR count). The second-order valence-electron chi connectivity index (χ2n) is 7.46. The van der Waals surface area contributed by atoms with Crippen LogP contribution in [0.4, 0.5) is 17.2 Å². The molecule has 0 saturated carbocycles. The lowest BCUT2D eigenvalue weighted by Gasteiger charge is -2.21. The molecule has 152 valence electrons. The highest BCUT2D eigenvalue weighted by Crippen LogP contribution is 2.28. The summed E-state index contributed by atoms with van der Waals surface area (Å²) in [5.41, 5.74) is 8.03. The minimum atomic E-state index is 0.700. The number of nitriles is 1. The van der Waals surface area contributed by atoms with Crippen molar-refractivity contribution < 1.29 is 4.40 Å². The third-order valence-corrected chi connectivity index (χ3v) is 5.92. The molecule has 0 aliphatic heterocycles. The highest BCUT2D eigenvalue weighted by molar-refractivity contribution is 5.78. The van der Waals surface area contributed by atoms with Crippen LogP contribution < -0.4 is 14.6 Å². The number of pyridine rings is 1. The van der Waals surface area contributed by atoms with E-state index >= 15 is 0 Å². The van der Waals surface area contributed by atoms with E-state index < -0.39 is 0 Å². The molecule has 2 aromatic carbocycles. The topological polar surface area (TPSA) is 59.0 Å². The Balaban J connectivity index is 1.91. The van der Waals surface area contributed by atoms with Crippen molar-refractivity contribution in [1.29, 1.82) is 5.26 Å². The van der Waals surface area contributed by atoms with E-state index in [2.05, 4.69) is 76.8 Å². The molecule has 2 heterocycles. The van der Waals surface area contributed by atoms with Crippen LogP contribution in [0.5, 0.6) is 0 Å². The first-order chi connectivity index (χ1) is 14.6. The van der Waals surface area contributed by atoms with Gasteiger partial charge in [-0.2, -0.15) is 9.66 Å². The molecule has 0 unspecified atom stereocenters. The molecule has 5 nitrogen and oxygen atoms in total. The summed E-state index contributed by atoms with van der Waals surface area (Å²) in [7, 11) is 0. The summed E-state index contributed by atoms with van der Waals surface area (Å²) < 4.78 is 2.15. The molecule has 4 aromatic rings. The Morgan fingerprint density at radius 3 is 2.37 bits per heavy atom. The summed E-state index contributed by atoms with van der Waals surface area (Å²) in [6.07, 6.45) is 0.836. The number of aromatic amines is 1. The summed E-state index contributed by atoms with van der Waals surface area (Å²) in [6, 6.07) is 19.2. The van der Waals surface area contributed by atoms with Gasteiger partial charge in [0.05, 0.1) is 5.69 Å². The molecular weight excluding hydrogens is 370 g/mol. The maximum Gasteiger partial charge on any atom is 0.250 e. The van der Waals surface area contributed by atoms with Gasteiger partial charge in [-0.3, -0.25) is 10.3 Å². The summed E-state index contributed by atoms with van der Waals surface area (Å²) in [5.74, 6) is 1.01. The zero-order valence-corrected chi connectivity index (χ0v) is 18.1. The van der Waals surface area contributed by atoms with E-state index in [-0.39, 0.29) is 0 Å². The molecule has 2 N–H and O–H groups in total. The van der Waals surface area contributed by atoms with Crippen molar-refractivity contribution in [3.8, 4) is 6.07 Å². The summed E-state index contributed by atoms with van der Waals surface area (Å²) in [4.78, 5) is 5.78. The predicted molar refractivity (Wildman–Crippen MR) is 124 cm³/mol. The van der Waals surface area contributed by atoms with Gasteiger partial charge in [-0.1, -0.05) is 19.1 Å².